The van der Waals surface area contributed by atoms with Gasteiger partial charge in [0, 0.05) is 18.5 Å². The number of thiol groups is 1. The maximum absolute atomic E-state index is 11.4. The number of hydrogen-bond donors (Lipinski definition) is 3. The first kappa shape index (κ1) is 9.85. The average Bonchev–Trinajstić information content (AvgIpc) is 2.15. The van der Waals surface area contributed by atoms with Crippen molar-refractivity contribution in [2.75, 3.05) is 18.0 Å². The summed E-state index contributed by atoms with van der Waals surface area (Å²) in [5.41, 5.74) is 5.91. The van der Waals surface area contributed by atoms with Crippen molar-refractivity contribution in [2.45, 2.75) is 0 Å². The Labute approximate surface area is 82.0 Å². The number of carbonyl (C=O) groups excluding carboxylic acids is 1. The van der Waals surface area contributed by atoms with Crippen molar-refractivity contribution in [1.29, 1.82) is 0 Å². The second-order valence-electron chi connectivity index (χ2n) is 2.42. The summed E-state index contributed by atoms with van der Waals surface area (Å²) in [6, 6.07) is 3.31. The molecule has 1 aromatic heterocycles. The van der Waals surface area contributed by atoms with Gasteiger partial charge in [-0.25, -0.2) is 4.98 Å². The van der Waals surface area contributed by atoms with Gasteiger partial charge >= 0.3 is 0 Å². The van der Waals surface area contributed by atoms with E-state index in [9.17, 15) is 4.79 Å². The molecule has 1 amide bonds. The first-order valence-electron chi connectivity index (χ1n) is 3.85. The maximum Gasteiger partial charge on any atom is 0.255 e. The molecule has 0 saturated carbocycles. The van der Waals surface area contributed by atoms with Crippen molar-refractivity contribution in [3.8, 4) is 0 Å². The minimum Gasteiger partial charge on any atom is -0.383 e. The van der Waals surface area contributed by atoms with Gasteiger partial charge in [-0.15, -0.1) is 0 Å². The number of carbonyl (C=O) groups is 1. The standard InChI is InChI=1S/C8H11N3OS/c9-7-6(2-1-3-10-7)8(12)11-4-5-13/h1-3,13H,4-5H2,(H2,9,10)(H,11,12). The molecule has 1 rings (SSSR count). The van der Waals surface area contributed by atoms with E-state index in [1.54, 1.807) is 18.3 Å². The van der Waals surface area contributed by atoms with Gasteiger partial charge < -0.3 is 11.1 Å². The van der Waals surface area contributed by atoms with Crippen LogP contribution in [0.25, 0.3) is 0 Å². The fourth-order valence-corrected chi connectivity index (χ4v) is 0.986. The minimum atomic E-state index is -0.209. The molecular weight excluding hydrogens is 186 g/mol. The molecule has 0 saturated heterocycles. The molecule has 5 heteroatoms. The number of nitrogens with one attached hydrogen (secondary N) is 1. The van der Waals surface area contributed by atoms with E-state index < -0.39 is 0 Å². The van der Waals surface area contributed by atoms with Gasteiger partial charge in [0.1, 0.15) is 5.82 Å². The van der Waals surface area contributed by atoms with Crippen LogP contribution in [0.3, 0.4) is 0 Å². The monoisotopic (exact) mass is 197 g/mol. The van der Waals surface area contributed by atoms with Crippen LogP contribution in [-0.2, 0) is 0 Å². The lowest BCUT2D eigenvalue weighted by Crippen LogP contribution is -2.26. The van der Waals surface area contributed by atoms with Crippen molar-refractivity contribution in [3.05, 3.63) is 23.9 Å². The molecule has 4 nitrogen and oxygen atoms in total. The molecule has 70 valence electrons. The molecule has 0 bridgehead atoms. The van der Waals surface area contributed by atoms with Crippen LogP contribution in [0.15, 0.2) is 18.3 Å². The third-order valence-electron chi connectivity index (χ3n) is 1.48. The van der Waals surface area contributed by atoms with E-state index in [1.807, 2.05) is 0 Å². The molecule has 0 aliphatic rings. The Morgan fingerprint density at radius 3 is 3.08 bits per heavy atom. The Balaban J connectivity index is 2.71. The van der Waals surface area contributed by atoms with Crippen LogP contribution in [0.4, 0.5) is 5.82 Å². The normalized spacial score (nSPS) is 9.62. The smallest absolute Gasteiger partial charge is 0.255 e. The Morgan fingerprint density at radius 1 is 1.69 bits per heavy atom. The van der Waals surface area contributed by atoms with E-state index in [0.717, 1.165) is 0 Å². The molecule has 0 radical (unpaired) electrons. The van der Waals surface area contributed by atoms with Crippen LogP contribution in [0.1, 0.15) is 10.4 Å². The Hall–Kier alpha value is -1.23. The summed E-state index contributed by atoms with van der Waals surface area (Å²) in [6.07, 6.45) is 1.55. The topological polar surface area (TPSA) is 68.0 Å². The number of rotatable bonds is 3. The van der Waals surface area contributed by atoms with E-state index in [2.05, 4.69) is 22.9 Å². The molecular formula is C8H11N3OS. The van der Waals surface area contributed by atoms with Gasteiger partial charge in [0.05, 0.1) is 5.56 Å². The number of hydrogen-bond acceptors (Lipinski definition) is 4. The van der Waals surface area contributed by atoms with Crippen molar-refractivity contribution in [2.24, 2.45) is 0 Å². The van der Waals surface area contributed by atoms with Crippen molar-refractivity contribution >= 4 is 24.4 Å². The lowest BCUT2D eigenvalue weighted by molar-refractivity contribution is 0.0957. The highest BCUT2D eigenvalue weighted by atomic mass is 32.1. The third-order valence-corrected chi connectivity index (χ3v) is 1.70. The molecule has 0 aromatic carbocycles. The molecule has 0 fully saturated rings. The van der Waals surface area contributed by atoms with Crippen LogP contribution >= 0.6 is 12.6 Å². The summed E-state index contributed by atoms with van der Waals surface area (Å²) < 4.78 is 0. The summed E-state index contributed by atoms with van der Waals surface area (Å²) in [4.78, 5) is 15.2. The Bertz CT molecular complexity index is 303. The van der Waals surface area contributed by atoms with Gasteiger partial charge in [-0.2, -0.15) is 12.6 Å². The van der Waals surface area contributed by atoms with Crippen molar-refractivity contribution in [3.63, 3.8) is 0 Å². The van der Waals surface area contributed by atoms with Gasteiger partial charge in [0.25, 0.3) is 5.91 Å². The summed E-state index contributed by atoms with van der Waals surface area (Å²) >= 11 is 3.97. The van der Waals surface area contributed by atoms with Crippen LogP contribution in [0.2, 0.25) is 0 Å². The highest BCUT2D eigenvalue weighted by Crippen LogP contribution is 2.05. The molecule has 1 heterocycles. The molecule has 1 aromatic rings. The van der Waals surface area contributed by atoms with Crippen molar-refractivity contribution in [1.82, 2.24) is 10.3 Å². The van der Waals surface area contributed by atoms with E-state index in [0.29, 0.717) is 17.9 Å². The molecule has 0 aliphatic carbocycles. The van der Waals surface area contributed by atoms with E-state index in [-0.39, 0.29) is 11.7 Å². The van der Waals surface area contributed by atoms with E-state index >= 15 is 0 Å². The van der Waals surface area contributed by atoms with Gasteiger partial charge in [-0.05, 0) is 12.1 Å². The number of nitrogen functional groups attached to an aromatic ring is 1. The number of aromatic nitrogens is 1. The van der Waals surface area contributed by atoms with Gasteiger partial charge in [-0.1, -0.05) is 0 Å². The number of nitrogens with zero attached hydrogens (tertiary/aromatic N) is 1. The molecule has 0 spiro atoms. The molecule has 3 N–H and O–H groups in total. The zero-order valence-corrected chi connectivity index (χ0v) is 7.92. The summed E-state index contributed by atoms with van der Waals surface area (Å²) in [5.74, 6) is 0.644. The summed E-state index contributed by atoms with van der Waals surface area (Å²) in [7, 11) is 0. The Kier molecular flexibility index (Phi) is 3.57. The van der Waals surface area contributed by atoms with Crippen LogP contribution < -0.4 is 11.1 Å². The molecule has 0 atom stereocenters. The second kappa shape index (κ2) is 4.71. The fraction of sp³-hybridized carbons (Fsp3) is 0.250. The molecule has 13 heavy (non-hydrogen) atoms. The lowest BCUT2D eigenvalue weighted by atomic mass is 10.2. The fourth-order valence-electron chi connectivity index (χ4n) is 0.874. The molecule has 0 aliphatic heterocycles. The highest BCUT2D eigenvalue weighted by molar-refractivity contribution is 7.80. The van der Waals surface area contributed by atoms with Gasteiger partial charge in [-0.3, -0.25) is 4.79 Å². The summed E-state index contributed by atoms with van der Waals surface area (Å²) in [6.45, 7) is 0.524. The maximum atomic E-state index is 11.4. The zero-order chi connectivity index (χ0) is 9.68. The SMILES string of the molecule is Nc1ncccc1C(=O)NCCS. The number of amides is 1. The highest BCUT2D eigenvalue weighted by Gasteiger charge is 2.07. The molecule has 0 unspecified atom stereocenters. The predicted octanol–water partition coefficient (Wildman–Crippen LogP) is 0.323. The second-order valence-corrected chi connectivity index (χ2v) is 2.86. The lowest BCUT2D eigenvalue weighted by Gasteiger charge is -2.04. The third kappa shape index (κ3) is 2.62. The van der Waals surface area contributed by atoms with E-state index in [1.165, 1.54) is 0 Å². The predicted molar refractivity (Wildman–Crippen MR) is 54.8 cm³/mol. The van der Waals surface area contributed by atoms with Gasteiger partial charge in [0.2, 0.25) is 0 Å². The number of nitrogens with two attached hydrogens (primary N) is 1. The van der Waals surface area contributed by atoms with Crippen LogP contribution in [-0.4, -0.2) is 23.2 Å². The van der Waals surface area contributed by atoms with Crippen LogP contribution in [0, 0.1) is 0 Å². The largest absolute Gasteiger partial charge is 0.383 e. The van der Waals surface area contributed by atoms with Crippen LogP contribution in [0.5, 0.6) is 0 Å². The average molecular weight is 197 g/mol. The van der Waals surface area contributed by atoms with Gasteiger partial charge in [0.15, 0.2) is 0 Å². The first-order chi connectivity index (χ1) is 6.25. The number of anilines is 1. The first-order valence-corrected chi connectivity index (χ1v) is 4.48. The van der Waals surface area contributed by atoms with Crippen molar-refractivity contribution < 1.29 is 4.79 Å². The van der Waals surface area contributed by atoms with E-state index in [4.69, 9.17) is 5.73 Å². The number of pyridine rings is 1. The summed E-state index contributed by atoms with van der Waals surface area (Å²) in [5, 5.41) is 2.65. The Morgan fingerprint density at radius 2 is 2.46 bits per heavy atom. The minimum absolute atomic E-state index is 0.209. The quantitative estimate of drug-likeness (QED) is 0.611. The zero-order valence-electron chi connectivity index (χ0n) is 7.03.